The molecule has 18 heavy (non-hydrogen) atoms. The zero-order chi connectivity index (χ0) is 13.3. The van der Waals surface area contributed by atoms with Crippen LogP contribution >= 0.6 is 11.6 Å². The zero-order valence-electron chi connectivity index (χ0n) is 11.6. The zero-order valence-corrected chi connectivity index (χ0v) is 12.4. The van der Waals surface area contributed by atoms with Gasteiger partial charge in [0.25, 0.3) is 0 Å². The van der Waals surface area contributed by atoms with E-state index >= 15 is 0 Å². The van der Waals surface area contributed by atoms with Gasteiger partial charge in [0, 0.05) is 30.3 Å². The van der Waals surface area contributed by atoms with Crippen molar-refractivity contribution >= 4 is 11.6 Å². The van der Waals surface area contributed by atoms with E-state index in [1.165, 1.54) is 5.56 Å². The molecule has 1 aromatic rings. The average molecular weight is 268 g/mol. The second-order valence-electron chi connectivity index (χ2n) is 6.00. The average Bonchev–Trinajstić information content (AvgIpc) is 2.25. The summed E-state index contributed by atoms with van der Waals surface area (Å²) in [6, 6.07) is 8.59. The number of rotatable bonds is 3. The van der Waals surface area contributed by atoms with Gasteiger partial charge < -0.3 is 4.74 Å². The number of hydrogen-bond acceptors (Lipinski definition) is 2. The molecule has 1 heterocycles. The van der Waals surface area contributed by atoms with Crippen LogP contribution in [-0.2, 0) is 11.2 Å². The van der Waals surface area contributed by atoms with E-state index < -0.39 is 0 Å². The molecule has 0 amide bonds. The van der Waals surface area contributed by atoms with E-state index in [1.807, 2.05) is 12.1 Å². The second kappa shape index (κ2) is 5.20. The van der Waals surface area contributed by atoms with E-state index in [4.69, 9.17) is 16.3 Å². The highest BCUT2D eigenvalue weighted by Gasteiger charge is 2.44. The van der Waals surface area contributed by atoms with Crippen molar-refractivity contribution < 1.29 is 4.74 Å². The standard InChI is InChI=1S/C15H22ClNO/c1-15(2,3)17-10-14(18-4)13(17)9-11-5-7-12(16)8-6-11/h5-8,13-14H,9-10H2,1-4H3/t13-,14?/m0/s1. The van der Waals surface area contributed by atoms with E-state index in [0.717, 1.165) is 18.0 Å². The molecular formula is C15H22ClNO. The molecule has 1 fully saturated rings. The van der Waals surface area contributed by atoms with E-state index in [-0.39, 0.29) is 5.54 Å². The van der Waals surface area contributed by atoms with Crippen LogP contribution in [0.5, 0.6) is 0 Å². The van der Waals surface area contributed by atoms with Gasteiger partial charge >= 0.3 is 0 Å². The molecule has 0 N–H and O–H groups in total. The summed E-state index contributed by atoms with van der Waals surface area (Å²) in [6.45, 7) is 7.80. The van der Waals surface area contributed by atoms with E-state index in [9.17, 15) is 0 Å². The number of ether oxygens (including phenoxy) is 1. The quantitative estimate of drug-likeness (QED) is 0.833. The summed E-state index contributed by atoms with van der Waals surface area (Å²) in [7, 11) is 1.81. The Kier molecular flexibility index (Phi) is 4.00. The van der Waals surface area contributed by atoms with Gasteiger partial charge in [-0.3, -0.25) is 4.90 Å². The molecule has 0 bridgehead atoms. The fraction of sp³-hybridized carbons (Fsp3) is 0.600. The number of methoxy groups -OCH3 is 1. The Balaban J connectivity index is 2.07. The summed E-state index contributed by atoms with van der Waals surface area (Å²) in [6.07, 6.45) is 1.37. The highest BCUT2D eigenvalue weighted by Crippen LogP contribution is 2.31. The number of likely N-dealkylation sites (tertiary alicyclic amines) is 1. The maximum atomic E-state index is 5.92. The first kappa shape index (κ1) is 13.9. The van der Waals surface area contributed by atoms with Crippen molar-refractivity contribution in [3.8, 4) is 0 Å². The SMILES string of the molecule is COC1CN(C(C)(C)C)[C@H]1Cc1ccc(Cl)cc1. The number of hydrogen-bond donors (Lipinski definition) is 0. The van der Waals surface area contributed by atoms with Gasteiger partial charge in [0.2, 0.25) is 0 Å². The number of halogens is 1. The Morgan fingerprint density at radius 2 is 1.89 bits per heavy atom. The molecule has 2 rings (SSSR count). The lowest BCUT2D eigenvalue weighted by atomic mass is 9.86. The minimum Gasteiger partial charge on any atom is -0.378 e. The Morgan fingerprint density at radius 3 is 2.39 bits per heavy atom. The lowest BCUT2D eigenvalue weighted by molar-refractivity contribution is -0.123. The van der Waals surface area contributed by atoms with Crippen molar-refractivity contribution in [3.63, 3.8) is 0 Å². The molecule has 3 heteroatoms. The van der Waals surface area contributed by atoms with E-state index in [2.05, 4.69) is 37.8 Å². The Hall–Kier alpha value is -0.570. The van der Waals surface area contributed by atoms with Crippen LogP contribution in [0.3, 0.4) is 0 Å². The van der Waals surface area contributed by atoms with Crippen LogP contribution in [0.15, 0.2) is 24.3 Å². The van der Waals surface area contributed by atoms with Gasteiger partial charge in [-0.1, -0.05) is 23.7 Å². The van der Waals surface area contributed by atoms with Gasteiger partial charge in [-0.2, -0.15) is 0 Å². The van der Waals surface area contributed by atoms with Crippen molar-refractivity contribution in [2.75, 3.05) is 13.7 Å². The Labute approximate surface area is 115 Å². The summed E-state index contributed by atoms with van der Waals surface area (Å²) < 4.78 is 5.55. The topological polar surface area (TPSA) is 12.5 Å². The lowest BCUT2D eigenvalue weighted by Gasteiger charge is -2.54. The van der Waals surface area contributed by atoms with Crippen LogP contribution < -0.4 is 0 Å². The van der Waals surface area contributed by atoms with Crippen molar-refractivity contribution in [2.45, 2.75) is 44.9 Å². The van der Waals surface area contributed by atoms with Crippen molar-refractivity contribution in [3.05, 3.63) is 34.9 Å². The molecule has 1 aliphatic heterocycles. The summed E-state index contributed by atoms with van der Waals surface area (Å²) in [4.78, 5) is 2.51. The third kappa shape index (κ3) is 2.87. The maximum absolute atomic E-state index is 5.92. The molecule has 1 unspecified atom stereocenters. The third-order valence-corrected chi connectivity index (χ3v) is 3.98. The molecule has 1 saturated heterocycles. The molecule has 0 spiro atoms. The fourth-order valence-electron chi connectivity index (χ4n) is 2.62. The first-order valence-electron chi connectivity index (χ1n) is 6.46. The van der Waals surface area contributed by atoms with Crippen LogP contribution in [0.1, 0.15) is 26.3 Å². The van der Waals surface area contributed by atoms with Gasteiger partial charge in [-0.05, 0) is 44.9 Å². The molecule has 0 saturated carbocycles. The first-order chi connectivity index (χ1) is 8.41. The van der Waals surface area contributed by atoms with Crippen molar-refractivity contribution in [1.82, 2.24) is 4.90 Å². The van der Waals surface area contributed by atoms with E-state index in [0.29, 0.717) is 12.1 Å². The van der Waals surface area contributed by atoms with Crippen LogP contribution in [0.2, 0.25) is 5.02 Å². The van der Waals surface area contributed by atoms with Crippen LogP contribution in [0, 0.1) is 0 Å². The molecule has 100 valence electrons. The molecule has 0 radical (unpaired) electrons. The summed E-state index contributed by atoms with van der Waals surface area (Å²) in [5, 5.41) is 0.795. The predicted octanol–water partition coefficient (Wildman–Crippen LogP) is 3.38. The summed E-state index contributed by atoms with van der Waals surface area (Å²) >= 11 is 5.92. The number of benzene rings is 1. The monoisotopic (exact) mass is 267 g/mol. The third-order valence-electron chi connectivity index (χ3n) is 3.73. The van der Waals surface area contributed by atoms with Gasteiger partial charge in [0.1, 0.15) is 0 Å². The van der Waals surface area contributed by atoms with Gasteiger partial charge in [-0.15, -0.1) is 0 Å². The van der Waals surface area contributed by atoms with Gasteiger partial charge in [0.05, 0.1) is 6.10 Å². The predicted molar refractivity (Wildman–Crippen MR) is 76.2 cm³/mol. The molecule has 1 aliphatic rings. The van der Waals surface area contributed by atoms with Crippen LogP contribution in [0.4, 0.5) is 0 Å². The first-order valence-corrected chi connectivity index (χ1v) is 6.83. The summed E-state index contributed by atoms with van der Waals surface area (Å²) in [5.74, 6) is 0. The smallest absolute Gasteiger partial charge is 0.0856 e. The van der Waals surface area contributed by atoms with Gasteiger partial charge in [0.15, 0.2) is 0 Å². The van der Waals surface area contributed by atoms with Crippen LogP contribution in [-0.4, -0.2) is 36.2 Å². The largest absolute Gasteiger partial charge is 0.378 e. The van der Waals surface area contributed by atoms with Gasteiger partial charge in [-0.25, -0.2) is 0 Å². The molecule has 1 aromatic carbocycles. The van der Waals surface area contributed by atoms with Crippen molar-refractivity contribution in [1.29, 1.82) is 0 Å². The minimum absolute atomic E-state index is 0.201. The minimum atomic E-state index is 0.201. The number of nitrogens with zero attached hydrogens (tertiary/aromatic N) is 1. The lowest BCUT2D eigenvalue weighted by Crippen LogP contribution is -2.67. The summed E-state index contributed by atoms with van der Waals surface area (Å²) in [5.41, 5.74) is 1.52. The molecule has 0 aromatic heterocycles. The molecular weight excluding hydrogens is 246 g/mol. The Morgan fingerprint density at radius 1 is 1.28 bits per heavy atom. The molecule has 2 nitrogen and oxygen atoms in total. The Bertz CT molecular complexity index is 396. The van der Waals surface area contributed by atoms with Crippen LogP contribution in [0.25, 0.3) is 0 Å². The highest BCUT2D eigenvalue weighted by molar-refractivity contribution is 6.30. The molecule has 2 atom stereocenters. The van der Waals surface area contributed by atoms with Crippen molar-refractivity contribution in [2.24, 2.45) is 0 Å². The fourth-order valence-corrected chi connectivity index (χ4v) is 2.75. The maximum Gasteiger partial charge on any atom is 0.0856 e. The second-order valence-corrected chi connectivity index (χ2v) is 6.43. The van der Waals surface area contributed by atoms with E-state index in [1.54, 1.807) is 7.11 Å². The highest BCUT2D eigenvalue weighted by atomic mass is 35.5. The molecule has 0 aliphatic carbocycles. The normalized spacial score (nSPS) is 24.9.